The predicted octanol–water partition coefficient (Wildman–Crippen LogP) is 5.73. The molecule has 0 bridgehead atoms. The monoisotopic (exact) mass is 577 g/mol. The van der Waals surface area contributed by atoms with Crippen LogP contribution in [0.15, 0.2) is 34.8 Å². The van der Waals surface area contributed by atoms with Gasteiger partial charge in [0.1, 0.15) is 23.1 Å². The average molecular weight is 578 g/mol. The van der Waals surface area contributed by atoms with Gasteiger partial charge in [0.2, 0.25) is 5.91 Å². The summed E-state index contributed by atoms with van der Waals surface area (Å²) in [6.07, 6.45) is -4.92. The Morgan fingerprint density at radius 1 is 1.15 bits per heavy atom. The number of amides is 1. The van der Waals surface area contributed by atoms with E-state index in [1.165, 1.54) is 0 Å². The van der Waals surface area contributed by atoms with Gasteiger partial charge < -0.3 is 20.3 Å². The lowest BCUT2D eigenvalue weighted by atomic mass is 10.1. The Balaban J connectivity index is 2.15. The second kappa shape index (κ2) is 8.58. The van der Waals surface area contributed by atoms with Gasteiger partial charge in [-0.2, -0.15) is 22.0 Å². The Morgan fingerprint density at radius 3 is 2.33 bits per heavy atom. The Kier molecular flexibility index (Phi) is 6.63. The maximum absolute atomic E-state index is 14.3. The molecule has 0 aliphatic carbocycles. The van der Waals surface area contributed by atoms with Gasteiger partial charge in [0.05, 0.1) is 10.3 Å². The van der Waals surface area contributed by atoms with Crippen LogP contribution in [0.25, 0.3) is 10.1 Å². The zero-order chi connectivity index (χ0) is 24.9. The first-order valence-electron chi connectivity index (χ1n) is 8.52. The fourth-order valence-electron chi connectivity index (χ4n) is 2.81. The SMILES string of the molecule is NC(=O)c1cc(OCc2ccc(F)cc2C(F)(F)F)c2sc(C(F)(F)P(=O)(O)O)c(Br)c2c1. The van der Waals surface area contributed by atoms with Crippen LogP contribution in [-0.4, -0.2) is 15.7 Å². The van der Waals surface area contributed by atoms with Crippen molar-refractivity contribution in [2.45, 2.75) is 18.4 Å². The van der Waals surface area contributed by atoms with E-state index in [0.717, 1.165) is 24.3 Å². The summed E-state index contributed by atoms with van der Waals surface area (Å²) in [5, 5.41) is -0.135. The Labute approximate surface area is 193 Å². The fourth-order valence-corrected chi connectivity index (χ4v) is 5.78. The van der Waals surface area contributed by atoms with E-state index >= 15 is 0 Å². The number of carbonyl (C=O) groups is 1. The van der Waals surface area contributed by atoms with Crippen LogP contribution in [0.1, 0.15) is 26.4 Å². The largest absolute Gasteiger partial charge is 0.487 e. The van der Waals surface area contributed by atoms with Gasteiger partial charge in [-0.1, -0.05) is 6.07 Å². The predicted molar refractivity (Wildman–Crippen MR) is 110 cm³/mol. The number of nitrogens with two attached hydrogens (primary N) is 1. The van der Waals surface area contributed by atoms with Crippen molar-refractivity contribution in [1.82, 2.24) is 0 Å². The molecular weight excluding hydrogens is 567 g/mol. The van der Waals surface area contributed by atoms with E-state index in [4.69, 9.17) is 20.3 Å². The van der Waals surface area contributed by atoms with Gasteiger partial charge in [-0.25, -0.2) is 4.39 Å². The summed E-state index contributed by atoms with van der Waals surface area (Å²) in [6, 6.07) is 3.90. The zero-order valence-electron chi connectivity index (χ0n) is 15.8. The number of carbonyl (C=O) groups excluding carboxylic acids is 1. The van der Waals surface area contributed by atoms with Crippen molar-refractivity contribution in [3.8, 4) is 5.75 Å². The molecule has 1 aromatic heterocycles. The van der Waals surface area contributed by atoms with Crippen LogP contribution in [-0.2, 0) is 23.0 Å². The lowest BCUT2D eigenvalue weighted by Gasteiger charge is -2.16. The highest BCUT2D eigenvalue weighted by Crippen LogP contribution is 2.63. The van der Waals surface area contributed by atoms with E-state index in [2.05, 4.69) is 15.9 Å². The maximum Gasteiger partial charge on any atom is 0.416 e. The molecule has 1 amide bonds. The number of halogens is 7. The summed E-state index contributed by atoms with van der Waals surface area (Å²) >= 11 is 3.03. The molecule has 0 radical (unpaired) electrons. The van der Waals surface area contributed by atoms with Crippen LogP contribution in [0, 0.1) is 5.82 Å². The number of hydrogen-bond donors (Lipinski definition) is 3. The van der Waals surface area contributed by atoms with E-state index in [9.17, 15) is 35.7 Å². The minimum atomic E-state index is -5.96. The Bertz CT molecular complexity index is 1310. The van der Waals surface area contributed by atoms with Crippen molar-refractivity contribution in [2.24, 2.45) is 5.73 Å². The summed E-state index contributed by atoms with van der Waals surface area (Å²) in [7, 11) is -5.96. The van der Waals surface area contributed by atoms with Crippen LogP contribution in [0.2, 0.25) is 0 Å². The van der Waals surface area contributed by atoms with Crippen molar-refractivity contribution in [1.29, 1.82) is 0 Å². The molecule has 0 atom stereocenters. The summed E-state index contributed by atoms with van der Waals surface area (Å²) in [4.78, 5) is 28.7. The number of thiophene rings is 1. The first kappa shape index (κ1) is 25.5. The van der Waals surface area contributed by atoms with Crippen LogP contribution < -0.4 is 10.5 Å². The molecule has 0 aliphatic rings. The van der Waals surface area contributed by atoms with Gasteiger partial charge in [-0.3, -0.25) is 9.36 Å². The van der Waals surface area contributed by atoms with Crippen molar-refractivity contribution >= 4 is 50.9 Å². The molecular formula is C18H11BrF6NO5PS. The lowest BCUT2D eigenvalue weighted by molar-refractivity contribution is -0.138. The molecule has 1 heterocycles. The third-order valence-corrected chi connectivity index (χ3v) is 7.86. The second-order valence-electron chi connectivity index (χ2n) is 6.63. The lowest BCUT2D eigenvalue weighted by Crippen LogP contribution is -2.12. The number of rotatable bonds is 6. The van der Waals surface area contributed by atoms with Gasteiger partial charge in [0.15, 0.2) is 0 Å². The van der Waals surface area contributed by atoms with E-state index in [0.29, 0.717) is 0 Å². The number of fused-ring (bicyclic) bond motifs is 1. The third-order valence-electron chi connectivity index (χ3n) is 4.38. The topological polar surface area (TPSA) is 110 Å². The molecule has 0 saturated carbocycles. The number of primary amides is 1. The smallest absolute Gasteiger partial charge is 0.416 e. The van der Waals surface area contributed by atoms with E-state index in [1.807, 2.05) is 0 Å². The van der Waals surface area contributed by atoms with Gasteiger partial charge in [0.25, 0.3) is 0 Å². The zero-order valence-corrected chi connectivity index (χ0v) is 19.1. The fraction of sp³-hybridized carbons (Fsp3) is 0.167. The summed E-state index contributed by atoms with van der Waals surface area (Å²) in [6.45, 7) is -0.799. The maximum atomic E-state index is 14.3. The van der Waals surface area contributed by atoms with Gasteiger partial charge >= 0.3 is 19.4 Å². The highest BCUT2D eigenvalue weighted by Gasteiger charge is 2.53. The number of benzene rings is 2. The van der Waals surface area contributed by atoms with Gasteiger partial charge in [0, 0.05) is 21.0 Å². The third kappa shape index (κ3) is 4.90. The van der Waals surface area contributed by atoms with Crippen LogP contribution in [0.4, 0.5) is 26.3 Å². The molecule has 4 N–H and O–H groups in total. The summed E-state index contributed by atoms with van der Waals surface area (Å²) < 4.78 is 97.8. The summed E-state index contributed by atoms with van der Waals surface area (Å²) in [5.41, 5.74) is -1.47. The van der Waals surface area contributed by atoms with Crippen LogP contribution in [0.3, 0.4) is 0 Å². The van der Waals surface area contributed by atoms with Crippen molar-refractivity contribution < 1.29 is 50.2 Å². The molecule has 178 valence electrons. The molecule has 0 saturated heterocycles. The Morgan fingerprint density at radius 2 is 1.79 bits per heavy atom. The first-order chi connectivity index (χ1) is 15.0. The molecule has 2 aromatic carbocycles. The number of alkyl halides is 5. The quantitative estimate of drug-likeness (QED) is 0.256. The Hall–Kier alpha value is -2.12. The van der Waals surface area contributed by atoms with E-state index in [-0.39, 0.29) is 38.8 Å². The summed E-state index contributed by atoms with van der Waals surface area (Å²) in [5.74, 6) is -2.52. The molecule has 3 rings (SSSR count). The van der Waals surface area contributed by atoms with Crippen molar-refractivity contribution in [3.05, 3.63) is 62.2 Å². The standard InChI is InChI=1S/C18H11BrF6NO5PS/c19-13-10-3-8(16(26)27)4-12(14(10)33-15(13)18(24,25)32(28,29)30)31-6-7-1-2-9(20)5-11(7)17(21,22)23/h1-5H,6H2,(H2,26,27)(H2,28,29,30). The molecule has 0 aliphatic heterocycles. The second-order valence-corrected chi connectivity index (χ2v) is 10.1. The highest BCUT2D eigenvalue weighted by atomic mass is 79.9. The van der Waals surface area contributed by atoms with Gasteiger partial charge in [-0.05, 0) is 40.2 Å². The average Bonchev–Trinajstić information content (AvgIpc) is 3.02. The van der Waals surface area contributed by atoms with Crippen molar-refractivity contribution in [2.75, 3.05) is 0 Å². The van der Waals surface area contributed by atoms with Crippen molar-refractivity contribution in [3.63, 3.8) is 0 Å². The first-order valence-corrected chi connectivity index (χ1v) is 11.7. The molecule has 0 fully saturated rings. The van der Waals surface area contributed by atoms with Crippen LogP contribution in [0.5, 0.6) is 5.75 Å². The van der Waals surface area contributed by atoms with Crippen LogP contribution >= 0.6 is 34.9 Å². The minimum absolute atomic E-state index is 0.135. The molecule has 3 aromatic rings. The minimum Gasteiger partial charge on any atom is -0.487 e. The molecule has 0 spiro atoms. The molecule has 6 nitrogen and oxygen atoms in total. The highest BCUT2D eigenvalue weighted by molar-refractivity contribution is 9.10. The molecule has 15 heteroatoms. The van der Waals surface area contributed by atoms with Gasteiger partial charge in [-0.15, -0.1) is 11.3 Å². The molecule has 0 unspecified atom stereocenters. The normalized spacial score (nSPS) is 12.9. The van der Waals surface area contributed by atoms with E-state index < -0.39 is 58.2 Å². The van der Waals surface area contributed by atoms with E-state index in [1.54, 1.807) is 0 Å². The number of ether oxygens (including phenoxy) is 1. The molecule has 33 heavy (non-hydrogen) atoms. The number of hydrogen-bond acceptors (Lipinski definition) is 4.